The third-order valence-electron chi connectivity index (χ3n) is 4.01. The molecule has 0 aliphatic heterocycles. The summed E-state index contributed by atoms with van der Waals surface area (Å²) in [6.45, 7) is 12.9. The van der Waals surface area contributed by atoms with Crippen LogP contribution in [0.5, 0.6) is 5.75 Å². The average molecular weight is 338 g/mol. The molecule has 23 heavy (non-hydrogen) atoms. The summed E-state index contributed by atoms with van der Waals surface area (Å²) in [4.78, 5) is 1.24. The van der Waals surface area contributed by atoms with E-state index in [2.05, 4.69) is 53.7 Å². The molecule has 0 aliphatic rings. The van der Waals surface area contributed by atoms with Crippen LogP contribution >= 0.6 is 11.8 Å². The molecular weight excluding hydrogens is 304 g/mol. The van der Waals surface area contributed by atoms with Gasteiger partial charge in [0.05, 0.1) is 6.61 Å². The molecular formula is C20H33O2S. The number of benzene rings is 1. The molecule has 0 unspecified atom stereocenters. The van der Waals surface area contributed by atoms with Crippen LogP contribution in [0.15, 0.2) is 17.0 Å². The summed E-state index contributed by atoms with van der Waals surface area (Å²) in [5.41, 5.74) is 1.90. The fraction of sp³-hybridized carbons (Fsp3) is 0.700. The molecule has 0 fully saturated rings. The van der Waals surface area contributed by atoms with Gasteiger partial charge in [0.2, 0.25) is 0 Å². The summed E-state index contributed by atoms with van der Waals surface area (Å²) in [5.74, 6) is 1.52. The molecule has 0 aromatic heterocycles. The van der Waals surface area contributed by atoms with E-state index >= 15 is 0 Å². The molecule has 1 N–H and O–H groups in total. The Morgan fingerprint density at radius 3 is 1.78 bits per heavy atom. The fourth-order valence-corrected chi connectivity index (χ4v) is 3.57. The Bertz CT molecular complexity index is 460. The Morgan fingerprint density at radius 2 is 1.35 bits per heavy atom. The van der Waals surface area contributed by atoms with E-state index in [1.807, 2.05) is 11.8 Å². The van der Waals surface area contributed by atoms with Gasteiger partial charge in [-0.05, 0) is 41.6 Å². The van der Waals surface area contributed by atoms with Crippen LogP contribution in [0, 0.1) is 0 Å². The van der Waals surface area contributed by atoms with Gasteiger partial charge < -0.3 is 5.11 Å². The van der Waals surface area contributed by atoms with Gasteiger partial charge in [0.25, 0.3) is 0 Å². The molecule has 1 aromatic carbocycles. The Hall–Kier alpha value is -0.670. The molecule has 0 aliphatic carbocycles. The van der Waals surface area contributed by atoms with Crippen LogP contribution in [-0.2, 0) is 15.9 Å². The summed E-state index contributed by atoms with van der Waals surface area (Å²) in [6, 6.07) is 4.29. The third kappa shape index (κ3) is 6.39. The van der Waals surface area contributed by atoms with Crippen LogP contribution in [0.25, 0.3) is 0 Å². The lowest BCUT2D eigenvalue weighted by molar-refractivity contribution is 0.186. The largest absolute Gasteiger partial charge is 0.507 e. The monoisotopic (exact) mass is 337 g/mol. The first-order valence-electron chi connectivity index (χ1n) is 8.66. The van der Waals surface area contributed by atoms with Gasteiger partial charge in [0.1, 0.15) is 5.75 Å². The average Bonchev–Trinajstić information content (AvgIpc) is 2.41. The minimum absolute atomic E-state index is 0.0506. The molecule has 2 nitrogen and oxygen atoms in total. The first kappa shape index (κ1) is 20.4. The van der Waals surface area contributed by atoms with Gasteiger partial charge in [-0.25, -0.2) is 5.11 Å². The van der Waals surface area contributed by atoms with Crippen molar-refractivity contribution >= 4 is 11.8 Å². The van der Waals surface area contributed by atoms with Gasteiger partial charge in [-0.15, -0.1) is 11.8 Å². The molecule has 0 saturated heterocycles. The highest BCUT2D eigenvalue weighted by Crippen LogP contribution is 2.41. The van der Waals surface area contributed by atoms with Crippen molar-refractivity contribution in [2.24, 2.45) is 0 Å². The van der Waals surface area contributed by atoms with Crippen molar-refractivity contribution in [2.75, 3.05) is 12.4 Å². The van der Waals surface area contributed by atoms with Gasteiger partial charge in [-0.1, -0.05) is 54.4 Å². The lowest BCUT2D eigenvalue weighted by atomic mass is 9.79. The zero-order valence-electron chi connectivity index (χ0n) is 15.7. The van der Waals surface area contributed by atoms with E-state index in [4.69, 9.17) is 0 Å². The Kier molecular flexibility index (Phi) is 7.47. The molecule has 131 valence electrons. The first-order valence-corrected chi connectivity index (χ1v) is 9.65. The van der Waals surface area contributed by atoms with Crippen molar-refractivity contribution in [3.8, 4) is 5.75 Å². The normalized spacial score (nSPS) is 12.7. The molecule has 1 aromatic rings. The van der Waals surface area contributed by atoms with Crippen molar-refractivity contribution < 1.29 is 10.2 Å². The van der Waals surface area contributed by atoms with Crippen LogP contribution < -0.4 is 0 Å². The first-order chi connectivity index (χ1) is 10.6. The molecule has 0 spiro atoms. The van der Waals surface area contributed by atoms with E-state index in [0.717, 1.165) is 42.6 Å². The number of aromatic hydroxyl groups is 1. The summed E-state index contributed by atoms with van der Waals surface area (Å²) < 4.78 is 0. The number of rotatable bonds is 7. The lowest BCUT2D eigenvalue weighted by Gasteiger charge is -2.28. The van der Waals surface area contributed by atoms with Crippen LogP contribution in [0.2, 0.25) is 0 Å². The van der Waals surface area contributed by atoms with Crippen LogP contribution in [0.4, 0.5) is 0 Å². The summed E-state index contributed by atoms with van der Waals surface area (Å²) in [6.07, 6.45) is 4.11. The Balaban J connectivity index is 2.91. The number of thioether (sulfide) groups is 1. The van der Waals surface area contributed by atoms with E-state index in [0.29, 0.717) is 5.75 Å². The zero-order chi connectivity index (χ0) is 17.7. The van der Waals surface area contributed by atoms with Gasteiger partial charge in [0.15, 0.2) is 0 Å². The van der Waals surface area contributed by atoms with Crippen LogP contribution in [0.1, 0.15) is 78.4 Å². The summed E-state index contributed by atoms with van der Waals surface area (Å²) >= 11 is 1.86. The smallest absolute Gasteiger partial charge is 0.123 e. The molecule has 0 atom stereocenters. The highest BCUT2D eigenvalue weighted by Gasteiger charge is 2.26. The van der Waals surface area contributed by atoms with Crippen molar-refractivity contribution in [1.29, 1.82) is 0 Å². The molecule has 1 rings (SSSR count). The van der Waals surface area contributed by atoms with Gasteiger partial charge in [0, 0.05) is 16.0 Å². The van der Waals surface area contributed by atoms with Crippen molar-refractivity contribution in [3.63, 3.8) is 0 Å². The molecule has 0 saturated carbocycles. The van der Waals surface area contributed by atoms with Crippen molar-refractivity contribution in [1.82, 2.24) is 0 Å². The maximum atomic E-state index is 10.7. The second-order valence-corrected chi connectivity index (χ2v) is 9.50. The Labute approximate surface area is 146 Å². The molecule has 3 heteroatoms. The standard InChI is InChI=1S/C20H33O2S/c1-19(2,3)16-13-15(23-12-10-8-7-9-11-21)14-17(18(16)22)20(4,5)6/h13-14,22H,7-12H2,1-6H3. The maximum Gasteiger partial charge on any atom is 0.123 e. The molecule has 0 amide bonds. The summed E-state index contributed by atoms with van der Waals surface area (Å²) in [7, 11) is 0. The Morgan fingerprint density at radius 1 is 0.870 bits per heavy atom. The molecule has 1 radical (unpaired) electrons. The van der Waals surface area contributed by atoms with E-state index < -0.39 is 0 Å². The number of hydrogen-bond acceptors (Lipinski definition) is 2. The van der Waals surface area contributed by atoms with Crippen molar-refractivity contribution in [3.05, 3.63) is 23.3 Å². The third-order valence-corrected chi connectivity index (χ3v) is 5.07. The van der Waals surface area contributed by atoms with Crippen molar-refractivity contribution in [2.45, 2.75) is 83.0 Å². The highest BCUT2D eigenvalue weighted by atomic mass is 32.2. The van der Waals surface area contributed by atoms with Gasteiger partial charge >= 0.3 is 0 Å². The number of phenols is 1. The van der Waals surface area contributed by atoms with E-state index in [1.54, 1.807) is 0 Å². The number of hydrogen-bond donors (Lipinski definition) is 1. The molecule has 0 heterocycles. The van der Waals surface area contributed by atoms with E-state index in [9.17, 15) is 10.2 Å². The van der Waals surface area contributed by atoms with E-state index in [1.165, 1.54) is 4.90 Å². The second kappa shape index (κ2) is 8.43. The van der Waals surface area contributed by atoms with E-state index in [-0.39, 0.29) is 17.4 Å². The van der Waals surface area contributed by atoms with Gasteiger partial charge in [-0.2, -0.15) is 0 Å². The topological polar surface area (TPSA) is 40.1 Å². The highest BCUT2D eigenvalue weighted by molar-refractivity contribution is 7.99. The van der Waals surface area contributed by atoms with Crippen LogP contribution in [0.3, 0.4) is 0 Å². The SMILES string of the molecule is CC(C)(C)c1cc(SCCCCCC[O])cc(C(C)(C)C)c1O. The predicted molar refractivity (Wildman–Crippen MR) is 100 cm³/mol. The fourth-order valence-electron chi connectivity index (χ4n) is 2.58. The van der Waals surface area contributed by atoms with Gasteiger partial charge in [-0.3, -0.25) is 0 Å². The maximum absolute atomic E-state index is 10.7. The lowest BCUT2D eigenvalue weighted by Crippen LogP contribution is -2.17. The second-order valence-electron chi connectivity index (χ2n) is 8.33. The summed E-state index contributed by atoms with van der Waals surface area (Å²) in [5, 5.41) is 21.2. The minimum atomic E-state index is -0.0746. The quantitative estimate of drug-likeness (QED) is 0.484. The molecule has 0 bridgehead atoms. The number of phenolic OH excluding ortho intramolecular Hbond substituents is 1. The predicted octanol–water partition coefficient (Wildman–Crippen LogP) is 6.07. The zero-order valence-corrected chi connectivity index (χ0v) is 16.5. The number of unbranched alkanes of at least 4 members (excludes halogenated alkanes) is 3. The van der Waals surface area contributed by atoms with Crippen LogP contribution in [-0.4, -0.2) is 17.5 Å². The minimum Gasteiger partial charge on any atom is -0.507 e.